The van der Waals surface area contributed by atoms with Crippen LogP contribution in [0.25, 0.3) is 5.52 Å². The number of nitrogens with two attached hydrogens (primary N) is 1. The van der Waals surface area contributed by atoms with E-state index in [0.29, 0.717) is 5.95 Å². The van der Waals surface area contributed by atoms with Crippen LogP contribution in [0.2, 0.25) is 0 Å². The SMILES string of the molecule is Nc1nccc2ccnn12. The van der Waals surface area contributed by atoms with E-state index in [9.17, 15) is 0 Å². The van der Waals surface area contributed by atoms with E-state index in [2.05, 4.69) is 10.1 Å². The van der Waals surface area contributed by atoms with Crippen LogP contribution in [-0.4, -0.2) is 14.6 Å². The van der Waals surface area contributed by atoms with Crippen molar-refractivity contribution >= 4 is 11.5 Å². The summed E-state index contributed by atoms with van der Waals surface area (Å²) in [6.07, 6.45) is 3.35. The number of hydrogen-bond acceptors (Lipinski definition) is 3. The molecule has 10 heavy (non-hydrogen) atoms. The molecule has 2 N–H and O–H groups in total. The molecule has 4 nitrogen and oxygen atoms in total. The molecule has 0 aliphatic heterocycles. The van der Waals surface area contributed by atoms with E-state index in [1.54, 1.807) is 16.9 Å². The molecule has 0 bridgehead atoms. The number of rotatable bonds is 0. The normalized spacial score (nSPS) is 10.4. The minimum Gasteiger partial charge on any atom is -0.368 e. The van der Waals surface area contributed by atoms with Gasteiger partial charge in [0.2, 0.25) is 5.95 Å². The van der Waals surface area contributed by atoms with Crippen molar-refractivity contribution < 1.29 is 0 Å². The van der Waals surface area contributed by atoms with Crippen molar-refractivity contribution in [3.63, 3.8) is 0 Å². The lowest BCUT2D eigenvalue weighted by molar-refractivity contribution is 0.939. The van der Waals surface area contributed by atoms with Crippen LogP contribution < -0.4 is 5.73 Å². The molecule has 0 radical (unpaired) electrons. The van der Waals surface area contributed by atoms with Crippen LogP contribution >= 0.6 is 0 Å². The Morgan fingerprint density at radius 2 is 2.10 bits per heavy atom. The van der Waals surface area contributed by atoms with E-state index in [0.717, 1.165) is 5.52 Å². The number of hydrogen-bond donors (Lipinski definition) is 1. The number of anilines is 1. The third-order valence-corrected chi connectivity index (χ3v) is 1.34. The van der Waals surface area contributed by atoms with Crippen LogP contribution in [0.3, 0.4) is 0 Å². The van der Waals surface area contributed by atoms with E-state index in [1.165, 1.54) is 0 Å². The number of nitrogen functional groups attached to an aromatic ring is 1. The van der Waals surface area contributed by atoms with Crippen LogP contribution in [-0.2, 0) is 0 Å². The van der Waals surface area contributed by atoms with Gasteiger partial charge in [-0.25, -0.2) is 9.50 Å². The van der Waals surface area contributed by atoms with E-state index in [-0.39, 0.29) is 0 Å². The molecule has 0 amide bonds. The second kappa shape index (κ2) is 1.70. The summed E-state index contributed by atoms with van der Waals surface area (Å²) < 4.78 is 1.58. The molecular formula is C6H6N4. The highest BCUT2D eigenvalue weighted by molar-refractivity contribution is 5.47. The Kier molecular flexibility index (Phi) is 0.887. The minimum atomic E-state index is 0.419. The zero-order valence-corrected chi connectivity index (χ0v) is 5.23. The van der Waals surface area contributed by atoms with Gasteiger partial charge in [-0.1, -0.05) is 0 Å². The third kappa shape index (κ3) is 0.556. The van der Waals surface area contributed by atoms with Crippen LogP contribution in [0.1, 0.15) is 0 Å². The first-order chi connectivity index (χ1) is 4.88. The lowest BCUT2D eigenvalue weighted by Gasteiger charge is -1.93. The molecule has 0 spiro atoms. The molecule has 2 rings (SSSR count). The fourth-order valence-corrected chi connectivity index (χ4v) is 0.876. The minimum absolute atomic E-state index is 0.419. The van der Waals surface area contributed by atoms with Crippen molar-refractivity contribution in [3.8, 4) is 0 Å². The van der Waals surface area contributed by atoms with Gasteiger partial charge in [0.15, 0.2) is 0 Å². The second-order valence-corrected chi connectivity index (χ2v) is 1.97. The van der Waals surface area contributed by atoms with Gasteiger partial charge in [0.05, 0.1) is 11.7 Å². The largest absolute Gasteiger partial charge is 0.368 e. The molecule has 0 aromatic carbocycles. The summed E-state index contributed by atoms with van der Waals surface area (Å²) in [4.78, 5) is 3.86. The van der Waals surface area contributed by atoms with Gasteiger partial charge >= 0.3 is 0 Å². The van der Waals surface area contributed by atoms with Crippen LogP contribution in [0, 0.1) is 0 Å². The fraction of sp³-hybridized carbons (Fsp3) is 0. The molecule has 50 valence electrons. The maximum atomic E-state index is 5.49. The van der Waals surface area contributed by atoms with Gasteiger partial charge in [-0.3, -0.25) is 0 Å². The van der Waals surface area contributed by atoms with Crippen LogP contribution in [0.15, 0.2) is 24.5 Å². The van der Waals surface area contributed by atoms with Crippen molar-refractivity contribution in [1.82, 2.24) is 14.6 Å². The van der Waals surface area contributed by atoms with Crippen molar-refractivity contribution in [2.45, 2.75) is 0 Å². The van der Waals surface area contributed by atoms with Gasteiger partial charge in [0, 0.05) is 6.20 Å². The lowest BCUT2D eigenvalue weighted by Crippen LogP contribution is -1.99. The van der Waals surface area contributed by atoms with Crippen LogP contribution in [0.4, 0.5) is 5.95 Å². The Morgan fingerprint density at radius 1 is 1.30 bits per heavy atom. The van der Waals surface area contributed by atoms with Gasteiger partial charge in [-0.2, -0.15) is 5.10 Å². The van der Waals surface area contributed by atoms with E-state index in [4.69, 9.17) is 5.73 Å². The van der Waals surface area contributed by atoms with Gasteiger partial charge in [-0.15, -0.1) is 0 Å². The van der Waals surface area contributed by atoms with Gasteiger partial charge in [0.25, 0.3) is 0 Å². The first-order valence-corrected chi connectivity index (χ1v) is 2.92. The highest BCUT2D eigenvalue weighted by Crippen LogP contribution is 2.02. The standard InChI is InChI=1S/C6H6N4/c7-6-8-3-1-5-2-4-9-10(5)6/h1-4H,(H2,7,8). The quantitative estimate of drug-likeness (QED) is 0.564. The highest BCUT2D eigenvalue weighted by atomic mass is 15.3. The summed E-state index contributed by atoms with van der Waals surface area (Å²) in [5, 5.41) is 3.95. The van der Waals surface area contributed by atoms with Crippen LogP contribution in [0.5, 0.6) is 0 Å². The molecule has 0 aliphatic rings. The topological polar surface area (TPSA) is 56.2 Å². The monoisotopic (exact) mass is 134 g/mol. The predicted molar refractivity (Wildman–Crippen MR) is 37.4 cm³/mol. The summed E-state index contributed by atoms with van der Waals surface area (Å²) in [5.41, 5.74) is 6.46. The van der Waals surface area contributed by atoms with Gasteiger partial charge in [-0.05, 0) is 12.1 Å². The smallest absolute Gasteiger partial charge is 0.221 e. The Labute approximate surface area is 57.3 Å². The molecule has 2 aromatic rings. The van der Waals surface area contributed by atoms with E-state index < -0.39 is 0 Å². The number of nitrogens with zero attached hydrogens (tertiary/aromatic N) is 3. The third-order valence-electron chi connectivity index (χ3n) is 1.34. The molecule has 0 atom stereocenters. The van der Waals surface area contributed by atoms with Crippen molar-refractivity contribution in [1.29, 1.82) is 0 Å². The molecule has 4 heteroatoms. The van der Waals surface area contributed by atoms with E-state index in [1.807, 2.05) is 12.1 Å². The average Bonchev–Trinajstić information content (AvgIpc) is 2.36. The first kappa shape index (κ1) is 5.22. The molecule has 2 heterocycles. The number of aromatic nitrogens is 3. The first-order valence-electron chi connectivity index (χ1n) is 2.92. The molecule has 2 aromatic heterocycles. The van der Waals surface area contributed by atoms with Gasteiger partial charge in [0.1, 0.15) is 0 Å². The molecule has 0 aliphatic carbocycles. The Balaban J connectivity index is 2.95. The Hall–Kier alpha value is -1.58. The zero-order chi connectivity index (χ0) is 6.97. The summed E-state index contributed by atoms with van der Waals surface area (Å²) in [6, 6.07) is 3.72. The second-order valence-electron chi connectivity index (χ2n) is 1.97. The highest BCUT2D eigenvalue weighted by Gasteiger charge is 1.94. The van der Waals surface area contributed by atoms with Gasteiger partial charge < -0.3 is 5.73 Å². The summed E-state index contributed by atoms with van der Waals surface area (Å²) >= 11 is 0. The van der Waals surface area contributed by atoms with Crippen molar-refractivity contribution in [2.24, 2.45) is 0 Å². The fourth-order valence-electron chi connectivity index (χ4n) is 0.876. The summed E-state index contributed by atoms with van der Waals surface area (Å²) in [6.45, 7) is 0. The molecule has 0 fully saturated rings. The summed E-state index contributed by atoms with van der Waals surface area (Å²) in [7, 11) is 0. The van der Waals surface area contributed by atoms with E-state index >= 15 is 0 Å². The lowest BCUT2D eigenvalue weighted by atomic mass is 10.5. The predicted octanol–water partition coefficient (Wildman–Crippen LogP) is 0.311. The zero-order valence-electron chi connectivity index (χ0n) is 5.23. The maximum Gasteiger partial charge on any atom is 0.221 e. The maximum absolute atomic E-state index is 5.49. The van der Waals surface area contributed by atoms with Crippen molar-refractivity contribution in [3.05, 3.63) is 24.5 Å². The molecule has 0 saturated carbocycles. The van der Waals surface area contributed by atoms with Crippen molar-refractivity contribution in [2.75, 3.05) is 5.73 Å². The summed E-state index contributed by atoms with van der Waals surface area (Å²) in [5.74, 6) is 0.419. The Bertz CT molecular complexity index is 351. The molecular weight excluding hydrogens is 128 g/mol. The average molecular weight is 134 g/mol. The molecule has 0 saturated heterocycles. The molecule has 0 unspecified atom stereocenters. The Morgan fingerprint density at radius 3 is 2.90 bits per heavy atom. The number of fused-ring (bicyclic) bond motifs is 1.